The smallest absolute Gasteiger partial charge is 0.254 e. The molecule has 4 nitrogen and oxygen atoms in total. The number of thiol groups is 1. The topological polar surface area (TPSA) is 40.6 Å². The summed E-state index contributed by atoms with van der Waals surface area (Å²) in [7, 11) is 3.38. The van der Waals surface area contributed by atoms with Crippen molar-refractivity contribution in [2.45, 2.75) is 25.2 Å². The van der Waals surface area contributed by atoms with Gasteiger partial charge in [-0.25, -0.2) is 0 Å². The van der Waals surface area contributed by atoms with Gasteiger partial charge >= 0.3 is 0 Å². The molecule has 5 heteroatoms. The van der Waals surface area contributed by atoms with Gasteiger partial charge in [-0.15, -0.1) is 12.6 Å². The highest BCUT2D eigenvalue weighted by atomic mass is 32.1. The van der Waals surface area contributed by atoms with Crippen LogP contribution in [0.25, 0.3) is 0 Å². The molecule has 0 bridgehead atoms. The average Bonchev–Trinajstić information content (AvgIpc) is 2.40. The van der Waals surface area contributed by atoms with Crippen LogP contribution >= 0.6 is 12.6 Å². The Balaban J connectivity index is 2.99. The van der Waals surface area contributed by atoms with Gasteiger partial charge in [-0.05, 0) is 31.0 Å². The first-order chi connectivity index (χ1) is 9.36. The Labute approximate surface area is 126 Å². The fraction of sp³-hybridized carbons (Fsp3) is 0.467. The zero-order valence-corrected chi connectivity index (χ0v) is 13.4. The Morgan fingerprint density at radius 3 is 2.45 bits per heavy atom. The zero-order chi connectivity index (χ0) is 15.3. The van der Waals surface area contributed by atoms with Crippen molar-refractivity contribution in [1.82, 2.24) is 9.80 Å². The molecular formula is C15H22N2O2S. The first-order valence-corrected chi connectivity index (χ1v) is 7.10. The van der Waals surface area contributed by atoms with E-state index in [0.29, 0.717) is 12.1 Å². The number of aryl methyl sites for hydroxylation is 1. The fourth-order valence-electron chi connectivity index (χ4n) is 1.84. The molecule has 0 aromatic heterocycles. The van der Waals surface area contributed by atoms with Crippen LogP contribution in [-0.4, -0.2) is 48.8 Å². The normalized spacial score (nSPS) is 10.2. The van der Waals surface area contributed by atoms with E-state index in [9.17, 15) is 9.59 Å². The zero-order valence-electron chi connectivity index (χ0n) is 12.5. The highest BCUT2D eigenvalue weighted by molar-refractivity contribution is 7.80. The van der Waals surface area contributed by atoms with Gasteiger partial charge in [0.1, 0.15) is 6.54 Å². The number of nitrogens with zero attached hydrogens (tertiary/aromatic N) is 2. The Kier molecular flexibility index (Phi) is 6.07. The molecule has 0 N–H and O–H groups in total. The molecule has 1 rings (SSSR count). The molecule has 0 aliphatic rings. The number of hydrogen-bond acceptors (Lipinski definition) is 3. The van der Waals surface area contributed by atoms with Gasteiger partial charge in [0.25, 0.3) is 5.91 Å². The maximum atomic E-state index is 12.6. The molecular weight excluding hydrogens is 272 g/mol. The predicted molar refractivity (Wildman–Crippen MR) is 83.3 cm³/mol. The van der Waals surface area contributed by atoms with E-state index in [1.807, 2.05) is 26.0 Å². The van der Waals surface area contributed by atoms with Crippen molar-refractivity contribution in [3.63, 3.8) is 0 Å². The summed E-state index contributed by atoms with van der Waals surface area (Å²) in [4.78, 5) is 28.3. The summed E-state index contributed by atoms with van der Waals surface area (Å²) in [5.74, 6) is -0.193. The second kappa shape index (κ2) is 7.33. The highest BCUT2D eigenvalue weighted by Crippen LogP contribution is 2.16. The molecule has 0 saturated carbocycles. The standard InChI is InChI=1S/C15H22N2O2S/c1-5-8-17(10-14(18)16(3)4)15(19)13-9-12(20)7-6-11(13)2/h6-7,9,20H,5,8,10H2,1-4H3. The predicted octanol–water partition coefficient (Wildman–Crippen LogP) is 2.22. The number of carbonyl (C=O) groups is 2. The van der Waals surface area contributed by atoms with E-state index >= 15 is 0 Å². The largest absolute Gasteiger partial charge is 0.347 e. The van der Waals surface area contributed by atoms with Crippen LogP contribution in [0.3, 0.4) is 0 Å². The molecule has 0 radical (unpaired) electrons. The minimum Gasteiger partial charge on any atom is -0.347 e. The summed E-state index contributed by atoms with van der Waals surface area (Å²) >= 11 is 4.27. The molecule has 0 saturated heterocycles. The van der Waals surface area contributed by atoms with Crippen molar-refractivity contribution in [3.05, 3.63) is 29.3 Å². The van der Waals surface area contributed by atoms with Gasteiger partial charge in [0.2, 0.25) is 5.91 Å². The number of carbonyl (C=O) groups excluding carboxylic acids is 2. The summed E-state index contributed by atoms with van der Waals surface area (Å²) in [6.45, 7) is 4.55. The lowest BCUT2D eigenvalue weighted by atomic mass is 10.1. The summed E-state index contributed by atoms with van der Waals surface area (Å²) in [5.41, 5.74) is 1.50. The van der Waals surface area contributed by atoms with Crippen LogP contribution < -0.4 is 0 Å². The molecule has 1 aromatic rings. The number of likely N-dealkylation sites (N-methyl/N-ethyl adjacent to an activating group) is 1. The Morgan fingerprint density at radius 1 is 1.25 bits per heavy atom. The van der Waals surface area contributed by atoms with E-state index in [4.69, 9.17) is 0 Å². The van der Waals surface area contributed by atoms with E-state index in [1.54, 1.807) is 25.1 Å². The molecule has 20 heavy (non-hydrogen) atoms. The average molecular weight is 294 g/mol. The quantitative estimate of drug-likeness (QED) is 0.846. The maximum absolute atomic E-state index is 12.6. The van der Waals surface area contributed by atoms with Crippen LogP contribution in [0.1, 0.15) is 29.3 Å². The summed E-state index contributed by atoms with van der Waals surface area (Å²) in [6.07, 6.45) is 0.812. The lowest BCUT2D eigenvalue weighted by Gasteiger charge is -2.24. The van der Waals surface area contributed by atoms with Gasteiger partial charge in [-0.3, -0.25) is 9.59 Å². The second-order valence-electron chi connectivity index (χ2n) is 5.01. The SMILES string of the molecule is CCCN(CC(=O)N(C)C)C(=O)c1cc(S)ccc1C. The first-order valence-electron chi connectivity index (χ1n) is 6.65. The van der Waals surface area contributed by atoms with Crippen molar-refractivity contribution in [2.24, 2.45) is 0 Å². The van der Waals surface area contributed by atoms with Crippen LogP contribution in [0.5, 0.6) is 0 Å². The van der Waals surface area contributed by atoms with Crippen LogP contribution in [0.4, 0.5) is 0 Å². The van der Waals surface area contributed by atoms with Crippen molar-refractivity contribution in [1.29, 1.82) is 0 Å². The number of rotatable bonds is 5. The number of amides is 2. The Hall–Kier alpha value is -1.49. The molecule has 110 valence electrons. The highest BCUT2D eigenvalue weighted by Gasteiger charge is 2.20. The van der Waals surface area contributed by atoms with E-state index in [2.05, 4.69) is 12.6 Å². The molecule has 2 amide bonds. The third-order valence-corrected chi connectivity index (χ3v) is 3.34. The number of benzene rings is 1. The molecule has 1 aromatic carbocycles. The van der Waals surface area contributed by atoms with Gasteiger partial charge in [-0.1, -0.05) is 13.0 Å². The Bertz CT molecular complexity index is 501. The minimum absolute atomic E-state index is 0.0773. The molecule has 0 fully saturated rings. The van der Waals surface area contributed by atoms with E-state index in [0.717, 1.165) is 16.9 Å². The molecule has 0 heterocycles. The van der Waals surface area contributed by atoms with Crippen LogP contribution in [0.15, 0.2) is 23.1 Å². The molecule has 0 spiro atoms. The van der Waals surface area contributed by atoms with E-state index in [1.165, 1.54) is 4.90 Å². The number of hydrogen-bond donors (Lipinski definition) is 1. The van der Waals surface area contributed by atoms with Gasteiger partial charge in [0.15, 0.2) is 0 Å². The minimum atomic E-state index is -0.115. The lowest BCUT2D eigenvalue weighted by Crippen LogP contribution is -2.40. The Morgan fingerprint density at radius 2 is 1.90 bits per heavy atom. The molecule has 0 atom stereocenters. The van der Waals surface area contributed by atoms with Crippen LogP contribution in [0.2, 0.25) is 0 Å². The van der Waals surface area contributed by atoms with Crippen LogP contribution in [-0.2, 0) is 4.79 Å². The lowest BCUT2D eigenvalue weighted by molar-refractivity contribution is -0.129. The third kappa shape index (κ3) is 4.27. The van der Waals surface area contributed by atoms with Gasteiger partial charge in [-0.2, -0.15) is 0 Å². The maximum Gasteiger partial charge on any atom is 0.254 e. The van der Waals surface area contributed by atoms with Crippen LogP contribution in [0, 0.1) is 6.92 Å². The van der Waals surface area contributed by atoms with Crippen molar-refractivity contribution in [2.75, 3.05) is 27.2 Å². The monoisotopic (exact) mass is 294 g/mol. The summed E-state index contributed by atoms with van der Waals surface area (Å²) < 4.78 is 0. The second-order valence-corrected chi connectivity index (χ2v) is 5.53. The molecule has 0 aliphatic heterocycles. The van der Waals surface area contributed by atoms with Gasteiger partial charge in [0, 0.05) is 31.1 Å². The summed E-state index contributed by atoms with van der Waals surface area (Å²) in [5, 5.41) is 0. The van der Waals surface area contributed by atoms with Crippen molar-refractivity contribution < 1.29 is 9.59 Å². The van der Waals surface area contributed by atoms with E-state index in [-0.39, 0.29) is 18.4 Å². The fourth-order valence-corrected chi connectivity index (χ4v) is 2.04. The summed E-state index contributed by atoms with van der Waals surface area (Å²) in [6, 6.07) is 5.47. The van der Waals surface area contributed by atoms with Gasteiger partial charge in [0.05, 0.1) is 0 Å². The first kappa shape index (κ1) is 16.6. The van der Waals surface area contributed by atoms with Gasteiger partial charge < -0.3 is 9.80 Å². The molecule has 0 unspecified atom stereocenters. The molecule has 0 aliphatic carbocycles. The van der Waals surface area contributed by atoms with Crippen molar-refractivity contribution in [3.8, 4) is 0 Å². The third-order valence-electron chi connectivity index (χ3n) is 3.06. The van der Waals surface area contributed by atoms with E-state index < -0.39 is 0 Å². The van der Waals surface area contributed by atoms with Crippen molar-refractivity contribution >= 4 is 24.4 Å².